The highest BCUT2D eigenvalue weighted by atomic mass is 16.5. The molecule has 0 aromatic heterocycles. The first-order chi connectivity index (χ1) is 7.77. The molecule has 0 heterocycles. The second-order valence-corrected chi connectivity index (χ2v) is 3.76. The Morgan fingerprint density at radius 1 is 1.31 bits per heavy atom. The van der Waals surface area contributed by atoms with Crippen molar-refractivity contribution in [2.75, 3.05) is 20.2 Å². The van der Waals surface area contributed by atoms with Crippen LogP contribution in [-0.4, -0.2) is 25.3 Å². The zero-order chi connectivity index (χ0) is 11.8. The molecule has 1 aromatic rings. The van der Waals surface area contributed by atoms with Gasteiger partial charge in [-0.05, 0) is 51.1 Å². The van der Waals surface area contributed by atoms with Crippen LogP contribution in [0.4, 0.5) is 0 Å². The van der Waals surface area contributed by atoms with Gasteiger partial charge in [0, 0.05) is 0 Å². The van der Waals surface area contributed by atoms with Crippen molar-refractivity contribution in [3.05, 3.63) is 29.8 Å². The first-order valence-corrected chi connectivity index (χ1v) is 5.83. The van der Waals surface area contributed by atoms with Crippen molar-refractivity contribution in [3.63, 3.8) is 0 Å². The van der Waals surface area contributed by atoms with Crippen LogP contribution < -0.4 is 10.1 Å². The number of hydrogen-bond acceptors (Lipinski definition) is 3. The Labute approximate surface area is 97.4 Å². The maximum atomic E-state index is 9.90. The molecule has 2 N–H and O–H groups in total. The van der Waals surface area contributed by atoms with E-state index in [9.17, 15) is 5.11 Å². The highest BCUT2D eigenvalue weighted by Gasteiger charge is 2.06. The molecule has 0 aliphatic rings. The van der Waals surface area contributed by atoms with Gasteiger partial charge in [-0.1, -0.05) is 12.1 Å². The molecule has 16 heavy (non-hydrogen) atoms. The van der Waals surface area contributed by atoms with Crippen LogP contribution in [0.2, 0.25) is 0 Å². The van der Waals surface area contributed by atoms with E-state index in [-0.39, 0.29) is 6.10 Å². The summed E-state index contributed by atoms with van der Waals surface area (Å²) in [6, 6.07) is 7.66. The Morgan fingerprint density at radius 3 is 2.56 bits per heavy atom. The lowest BCUT2D eigenvalue weighted by molar-refractivity contribution is 0.164. The molecular weight excluding hydrogens is 202 g/mol. The predicted molar refractivity (Wildman–Crippen MR) is 65.7 cm³/mol. The van der Waals surface area contributed by atoms with Crippen molar-refractivity contribution in [1.82, 2.24) is 5.32 Å². The van der Waals surface area contributed by atoms with E-state index in [1.165, 1.54) is 0 Å². The lowest BCUT2D eigenvalue weighted by Crippen LogP contribution is -2.09. The standard InChI is InChI=1S/C13H21NO2/c1-3-16-12-8-6-11(7-9-12)13(15)5-4-10-14-2/h6-9,13-15H,3-5,10H2,1-2H3. The van der Waals surface area contributed by atoms with Gasteiger partial charge in [0.25, 0.3) is 0 Å². The second-order valence-electron chi connectivity index (χ2n) is 3.76. The average molecular weight is 223 g/mol. The zero-order valence-corrected chi connectivity index (χ0v) is 10.1. The smallest absolute Gasteiger partial charge is 0.119 e. The fourth-order valence-electron chi connectivity index (χ4n) is 1.59. The van der Waals surface area contributed by atoms with Gasteiger partial charge in [0.2, 0.25) is 0 Å². The molecule has 0 aliphatic carbocycles. The third-order valence-electron chi connectivity index (χ3n) is 2.48. The fourth-order valence-corrected chi connectivity index (χ4v) is 1.59. The third-order valence-corrected chi connectivity index (χ3v) is 2.48. The normalized spacial score (nSPS) is 12.4. The molecule has 90 valence electrons. The topological polar surface area (TPSA) is 41.5 Å². The minimum Gasteiger partial charge on any atom is -0.494 e. The number of ether oxygens (including phenoxy) is 1. The molecule has 3 heteroatoms. The van der Waals surface area contributed by atoms with Gasteiger partial charge in [-0.2, -0.15) is 0 Å². The lowest BCUT2D eigenvalue weighted by Gasteiger charge is -2.11. The fraction of sp³-hybridized carbons (Fsp3) is 0.538. The van der Waals surface area contributed by atoms with E-state index in [0.717, 1.165) is 30.7 Å². The van der Waals surface area contributed by atoms with Crippen LogP contribution in [0.5, 0.6) is 5.75 Å². The summed E-state index contributed by atoms with van der Waals surface area (Å²) in [4.78, 5) is 0. The lowest BCUT2D eigenvalue weighted by atomic mass is 10.0. The Bertz CT molecular complexity index is 284. The minimum atomic E-state index is -0.371. The van der Waals surface area contributed by atoms with Crippen LogP contribution in [0.15, 0.2) is 24.3 Å². The third kappa shape index (κ3) is 4.21. The molecule has 0 amide bonds. The van der Waals surface area contributed by atoms with E-state index in [1.54, 1.807) is 0 Å². The highest BCUT2D eigenvalue weighted by Crippen LogP contribution is 2.21. The second kappa shape index (κ2) is 7.25. The maximum Gasteiger partial charge on any atom is 0.119 e. The Balaban J connectivity index is 2.46. The van der Waals surface area contributed by atoms with Crippen LogP contribution in [0.25, 0.3) is 0 Å². The van der Waals surface area contributed by atoms with Crippen molar-refractivity contribution < 1.29 is 9.84 Å². The number of rotatable bonds is 7. The molecule has 0 saturated heterocycles. The first-order valence-electron chi connectivity index (χ1n) is 5.83. The van der Waals surface area contributed by atoms with Gasteiger partial charge >= 0.3 is 0 Å². The van der Waals surface area contributed by atoms with E-state index in [2.05, 4.69) is 5.32 Å². The number of aliphatic hydroxyl groups is 1. The summed E-state index contributed by atoms with van der Waals surface area (Å²) < 4.78 is 5.35. The molecule has 1 rings (SSSR count). The van der Waals surface area contributed by atoms with Gasteiger partial charge in [-0.15, -0.1) is 0 Å². The van der Waals surface area contributed by atoms with Crippen molar-refractivity contribution in [3.8, 4) is 5.75 Å². The van der Waals surface area contributed by atoms with Crippen LogP contribution >= 0.6 is 0 Å². The summed E-state index contributed by atoms with van der Waals surface area (Å²) >= 11 is 0. The van der Waals surface area contributed by atoms with Crippen molar-refractivity contribution in [2.24, 2.45) is 0 Å². The summed E-state index contributed by atoms with van der Waals surface area (Å²) in [5.74, 6) is 0.855. The molecule has 1 aromatic carbocycles. The zero-order valence-electron chi connectivity index (χ0n) is 10.1. The maximum absolute atomic E-state index is 9.90. The Morgan fingerprint density at radius 2 is 2.00 bits per heavy atom. The summed E-state index contributed by atoms with van der Waals surface area (Å²) in [7, 11) is 1.92. The average Bonchev–Trinajstić information content (AvgIpc) is 2.30. The van der Waals surface area contributed by atoms with Gasteiger partial charge < -0.3 is 15.2 Å². The summed E-state index contributed by atoms with van der Waals surface area (Å²) in [5.41, 5.74) is 0.958. The highest BCUT2D eigenvalue weighted by molar-refractivity contribution is 5.28. The molecule has 1 unspecified atom stereocenters. The van der Waals surface area contributed by atoms with Gasteiger partial charge in [0.05, 0.1) is 12.7 Å². The van der Waals surface area contributed by atoms with E-state index in [1.807, 2.05) is 38.2 Å². The molecule has 0 bridgehead atoms. The molecule has 3 nitrogen and oxygen atoms in total. The molecule has 0 radical (unpaired) electrons. The van der Waals surface area contributed by atoms with Crippen LogP contribution in [0.1, 0.15) is 31.4 Å². The SMILES string of the molecule is CCOc1ccc(C(O)CCCNC)cc1. The van der Waals surface area contributed by atoms with Crippen LogP contribution in [0, 0.1) is 0 Å². The molecular formula is C13H21NO2. The summed E-state index contributed by atoms with van der Waals surface area (Å²) in [6.07, 6.45) is 1.39. The van der Waals surface area contributed by atoms with Crippen molar-refractivity contribution >= 4 is 0 Å². The number of nitrogens with one attached hydrogen (secondary N) is 1. The number of benzene rings is 1. The minimum absolute atomic E-state index is 0.371. The van der Waals surface area contributed by atoms with E-state index < -0.39 is 0 Å². The van der Waals surface area contributed by atoms with Gasteiger partial charge in [0.15, 0.2) is 0 Å². The Hall–Kier alpha value is -1.06. The quantitative estimate of drug-likeness (QED) is 0.696. The van der Waals surface area contributed by atoms with Crippen LogP contribution in [-0.2, 0) is 0 Å². The largest absolute Gasteiger partial charge is 0.494 e. The Kier molecular flexibility index (Phi) is 5.90. The summed E-state index contributed by atoms with van der Waals surface area (Å²) in [5, 5.41) is 13.0. The van der Waals surface area contributed by atoms with Crippen molar-refractivity contribution in [2.45, 2.75) is 25.9 Å². The van der Waals surface area contributed by atoms with E-state index in [0.29, 0.717) is 6.61 Å². The van der Waals surface area contributed by atoms with Gasteiger partial charge in [-0.3, -0.25) is 0 Å². The first kappa shape index (κ1) is 13.0. The predicted octanol–water partition coefficient (Wildman–Crippen LogP) is 2.12. The molecule has 0 aliphatic heterocycles. The van der Waals surface area contributed by atoms with Gasteiger partial charge in [0.1, 0.15) is 5.75 Å². The van der Waals surface area contributed by atoms with Crippen molar-refractivity contribution in [1.29, 1.82) is 0 Å². The van der Waals surface area contributed by atoms with E-state index in [4.69, 9.17) is 4.74 Å². The number of hydrogen-bond donors (Lipinski definition) is 2. The van der Waals surface area contributed by atoms with E-state index >= 15 is 0 Å². The van der Waals surface area contributed by atoms with Gasteiger partial charge in [-0.25, -0.2) is 0 Å². The number of aliphatic hydroxyl groups excluding tert-OH is 1. The summed E-state index contributed by atoms with van der Waals surface area (Å²) in [6.45, 7) is 3.57. The molecule has 0 saturated carbocycles. The monoisotopic (exact) mass is 223 g/mol. The molecule has 0 fully saturated rings. The van der Waals surface area contributed by atoms with Crippen LogP contribution in [0.3, 0.4) is 0 Å². The molecule has 1 atom stereocenters. The molecule has 0 spiro atoms.